The van der Waals surface area contributed by atoms with Crippen LogP contribution in [0.15, 0.2) is 34.5 Å². The van der Waals surface area contributed by atoms with Crippen molar-refractivity contribution in [2.45, 2.75) is 30.9 Å². The fourth-order valence-electron chi connectivity index (χ4n) is 1.96. The summed E-state index contributed by atoms with van der Waals surface area (Å²) in [5, 5.41) is 9.03. The Morgan fingerprint density at radius 2 is 1.95 bits per heavy atom. The number of carboxylic acid groups (broad SMARTS) is 1. The minimum atomic E-state index is -3.79. The first-order valence-electron chi connectivity index (χ1n) is 6.67. The number of carbonyl (C=O) groups is 1. The molecule has 2 N–H and O–H groups in total. The Kier molecular flexibility index (Phi) is 4.58. The van der Waals surface area contributed by atoms with Crippen molar-refractivity contribution in [2.24, 2.45) is 0 Å². The van der Waals surface area contributed by atoms with Crippen LogP contribution < -0.4 is 4.72 Å². The van der Waals surface area contributed by atoms with E-state index in [2.05, 4.69) is 4.72 Å². The van der Waals surface area contributed by atoms with Crippen LogP contribution >= 0.6 is 11.3 Å². The smallest absolute Gasteiger partial charge is 0.346 e. The van der Waals surface area contributed by atoms with E-state index in [1.54, 1.807) is 25.1 Å². The largest absolute Gasteiger partial charge is 0.477 e. The van der Waals surface area contributed by atoms with Crippen LogP contribution in [0.5, 0.6) is 0 Å². The SMILES string of the molecule is Cc1cc(S(=O)(=O)Nc2cccc(C(C)C)c2)sc1C(=O)O. The molecule has 0 saturated heterocycles. The van der Waals surface area contributed by atoms with E-state index in [1.165, 1.54) is 6.07 Å². The molecule has 118 valence electrons. The third-order valence-electron chi connectivity index (χ3n) is 3.16. The molecule has 1 aromatic carbocycles. The Bertz CT molecular complexity index is 807. The summed E-state index contributed by atoms with van der Waals surface area (Å²) in [6.45, 7) is 5.63. The van der Waals surface area contributed by atoms with Gasteiger partial charge in [-0.25, -0.2) is 13.2 Å². The average molecular weight is 339 g/mol. The minimum absolute atomic E-state index is 0.00245. The van der Waals surface area contributed by atoms with Gasteiger partial charge < -0.3 is 5.11 Å². The summed E-state index contributed by atoms with van der Waals surface area (Å²) in [5.41, 5.74) is 1.93. The molecule has 7 heteroatoms. The third kappa shape index (κ3) is 3.48. The molecule has 0 aliphatic carbocycles. The predicted octanol–water partition coefficient (Wildman–Crippen LogP) is 3.68. The quantitative estimate of drug-likeness (QED) is 0.870. The van der Waals surface area contributed by atoms with Crippen LogP contribution in [-0.2, 0) is 10.0 Å². The van der Waals surface area contributed by atoms with E-state index in [-0.39, 0.29) is 15.0 Å². The van der Waals surface area contributed by atoms with E-state index in [1.807, 2.05) is 19.9 Å². The molecular weight excluding hydrogens is 322 g/mol. The van der Waals surface area contributed by atoms with Gasteiger partial charge in [0.2, 0.25) is 0 Å². The molecule has 2 aromatic rings. The Labute approximate surface area is 133 Å². The Morgan fingerprint density at radius 3 is 2.50 bits per heavy atom. The molecule has 0 saturated carbocycles. The molecular formula is C15H17NO4S2. The highest BCUT2D eigenvalue weighted by atomic mass is 32.2. The van der Waals surface area contributed by atoms with Crippen LogP contribution in [0.4, 0.5) is 5.69 Å². The van der Waals surface area contributed by atoms with E-state index >= 15 is 0 Å². The van der Waals surface area contributed by atoms with Crippen molar-refractivity contribution in [3.8, 4) is 0 Å². The topological polar surface area (TPSA) is 83.5 Å². The van der Waals surface area contributed by atoms with Crippen LogP contribution in [0.25, 0.3) is 0 Å². The van der Waals surface area contributed by atoms with Gasteiger partial charge in [0.1, 0.15) is 9.09 Å². The van der Waals surface area contributed by atoms with Gasteiger partial charge >= 0.3 is 5.97 Å². The maximum atomic E-state index is 12.4. The van der Waals surface area contributed by atoms with Crippen molar-refractivity contribution >= 4 is 33.0 Å². The zero-order valence-corrected chi connectivity index (χ0v) is 14.1. The second-order valence-electron chi connectivity index (χ2n) is 5.27. The number of thiophene rings is 1. The number of sulfonamides is 1. The van der Waals surface area contributed by atoms with Crippen LogP contribution in [0, 0.1) is 6.92 Å². The summed E-state index contributed by atoms with van der Waals surface area (Å²) < 4.78 is 27.3. The minimum Gasteiger partial charge on any atom is -0.477 e. The van der Waals surface area contributed by atoms with E-state index < -0.39 is 16.0 Å². The van der Waals surface area contributed by atoms with E-state index in [0.717, 1.165) is 16.9 Å². The summed E-state index contributed by atoms with van der Waals surface area (Å²) in [6, 6.07) is 8.54. The summed E-state index contributed by atoms with van der Waals surface area (Å²) >= 11 is 0.754. The van der Waals surface area contributed by atoms with Gasteiger partial charge in [-0.2, -0.15) is 0 Å². The summed E-state index contributed by atoms with van der Waals surface area (Å²) in [7, 11) is -3.79. The number of benzene rings is 1. The molecule has 1 heterocycles. The highest BCUT2D eigenvalue weighted by Gasteiger charge is 2.22. The lowest BCUT2D eigenvalue weighted by Crippen LogP contribution is -2.11. The highest BCUT2D eigenvalue weighted by Crippen LogP contribution is 2.28. The highest BCUT2D eigenvalue weighted by molar-refractivity contribution is 7.94. The lowest BCUT2D eigenvalue weighted by Gasteiger charge is -2.10. The molecule has 22 heavy (non-hydrogen) atoms. The number of aromatic carboxylic acids is 1. The van der Waals surface area contributed by atoms with Gasteiger partial charge in [-0.3, -0.25) is 4.72 Å². The summed E-state index contributed by atoms with van der Waals surface area (Å²) in [5.74, 6) is -0.835. The second-order valence-corrected chi connectivity index (χ2v) is 8.23. The fourth-order valence-corrected chi connectivity index (χ4v) is 4.39. The number of aryl methyl sites for hydroxylation is 1. The summed E-state index contributed by atoms with van der Waals surface area (Å²) in [4.78, 5) is 11.1. The zero-order valence-electron chi connectivity index (χ0n) is 12.5. The Hall–Kier alpha value is -1.86. The molecule has 0 amide bonds. The van der Waals surface area contributed by atoms with Gasteiger partial charge in [-0.05, 0) is 42.2 Å². The van der Waals surface area contributed by atoms with Gasteiger partial charge in [0.05, 0.1) is 0 Å². The third-order valence-corrected chi connectivity index (χ3v) is 6.24. The normalized spacial score (nSPS) is 11.6. The van der Waals surface area contributed by atoms with Crippen molar-refractivity contribution < 1.29 is 18.3 Å². The Morgan fingerprint density at radius 1 is 1.27 bits per heavy atom. The first-order chi connectivity index (χ1) is 10.2. The molecule has 0 bridgehead atoms. The second kappa shape index (κ2) is 6.10. The molecule has 0 radical (unpaired) electrons. The molecule has 0 unspecified atom stereocenters. The van der Waals surface area contributed by atoms with E-state index in [9.17, 15) is 13.2 Å². The lowest BCUT2D eigenvalue weighted by atomic mass is 10.0. The number of anilines is 1. The van der Waals surface area contributed by atoms with Crippen molar-refractivity contribution in [3.05, 3.63) is 46.3 Å². The standard InChI is InChI=1S/C15H17NO4S2/c1-9(2)11-5-4-6-12(8-11)16-22(19,20)13-7-10(3)14(21-13)15(17)18/h4-9,16H,1-3H3,(H,17,18). The first-order valence-corrected chi connectivity index (χ1v) is 8.97. The van der Waals surface area contributed by atoms with Gasteiger partial charge in [-0.1, -0.05) is 26.0 Å². The van der Waals surface area contributed by atoms with E-state index in [0.29, 0.717) is 11.3 Å². The van der Waals surface area contributed by atoms with Crippen molar-refractivity contribution in [1.82, 2.24) is 0 Å². The van der Waals surface area contributed by atoms with E-state index in [4.69, 9.17) is 5.11 Å². The lowest BCUT2D eigenvalue weighted by molar-refractivity contribution is 0.0701. The molecule has 0 spiro atoms. The van der Waals surface area contributed by atoms with Crippen molar-refractivity contribution in [1.29, 1.82) is 0 Å². The van der Waals surface area contributed by atoms with Crippen LogP contribution in [0.3, 0.4) is 0 Å². The van der Waals surface area contributed by atoms with Crippen molar-refractivity contribution in [3.63, 3.8) is 0 Å². The number of carboxylic acids is 1. The number of rotatable bonds is 5. The maximum Gasteiger partial charge on any atom is 0.346 e. The molecule has 0 aliphatic heterocycles. The van der Waals surface area contributed by atoms with Crippen molar-refractivity contribution in [2.75, 3.05) is 4.72 Å². The maximum absolute atomic E-state index is 12.4. The molecule has 0 aliphatic rings. The fraction of sp³-hybridized carbons (Fsp3) is 0.267. The molecule has 5 nitrogen and oxygen atoms in total. The molecule has 0 fully saturated rings. The first kappa shape index (κ1) is 16.5. The molecule has 2 rings (SSSR count). The monoisotopic (exact) mass is 339 g/mol. The van der Waals surface area contributed by atoms with Gasteiger partial charge in [0.25, 0.3) is 10.0 Å². The summed E-state index contributed by atoms with van der Waals surface area (Å²) in [6.07, 6.45) is 0. The van der Waals surface area contributed by atoms with Gasteiger partial charge in [-0.15, -0.1) is 11.3 Å². The van der Waals surface area contributed by atoms with Crippen LogP contribution in [0.1, 0.15) is 40.6 Å². The molecule has 1 aromatic heterocycles. The van der Waals surface area contributed by atoms with Gasteiger partial charge in [0.15, 0.2) is 0 Å². The zero-order chi connectivity index (χ0) is 16.5. The number of hydrogen-bond acceptors (Lipinski definition) is 4. The predicted molar refractivity (Wildman–Crippen MR) is 87.4 cm³/mol. The van der Waals surface area contributed by atoms with Gasteiger partial charge in [0, 0.05) is 5.69 Å². The Balaban J connectivity index is 2.34. The number of hydrogen-bond donors (Lipinski definition) is 2. The average Bonchev–Trinajstić information content (AvgIpc) is 2.81. The number of nitrogens with one attached hydrogen (secondary N) is 1. The van der Waals surface area contributed by atoms with Crippen LogP contribution in [-0.4, -0.2) is 19.5 Å². The van der Waals surface area contributed by atoms with Crippen LogP contribution in [0.2, 0.25) is 0 Å². The molecule has 0 atom stereocenters.